The molecule has 0 aliphatic heterocycles. The second kappa shape index (κ2) is 8.11. The molecule has 0 bridgehead atoms. The number of nitrogens with zero attached hydrogens (tertiary/aromatic N) is 1. The number of carboxylic acid groups (broad SMARTS) is 1. The van der Waals surface area contributed by atoms with E-state index in [4.69, 9.17) is 4.74 Å². The van der Waals surface area contributed by atoms with Gasteiger partial charge in [-0.2, -0.15) is 0 Å². The first-order chi connectivity index (χ1) is 9.93. The van der Waals surface area contributed by atoms with Gasteiger partial charge in [-0.1, -0.05) is 12.1 Å². The minimum Gasteiger partial charge on any atom is -0.508 e. The SMILES string of the molecule is COCCN(C)C(=O)N[C@H](Cc1ccc(O)cc1)C(=O)O. The highest BCUT2D eigenvalue weighted by Gasteiger charge is 2.22. The Labute approximate surface area is 123 Å². The predicted molar refractivity (Wildman–Crippen MR) is 76.3 cm³/mol. The monoisotopic (exact) mass is 296 g/mol. The van der Waals surface area contributed by atoms with Gasteiger partial charge in [0.1, 0.15) is 11.8 Å². The zero-order chi connectivity index (χ0) is 15.8. The van der Waals surface area contributed by atoms with Crippen LogP contribution in [0.5, 0.6) is 5.75 Å². The summed E-state index contributed by atoms with van der Waals surface area (Å²) in [5.74, 6) is -1.01. The van der Waals surface area contributed by atoms with Crippen LogP contribution >= 0.6 is 0 Å². The van der Waals surface area contributed by atoms with Gasteiger partial charge in [0.2, 0.25) is 0 Å². The van der Waals surface area contributed by atoms with Gasteiger partial charge < -0.3 is 25.2 Å². The van der Waals surface area contributed by atoms with Crippen molar-refractivity contribution in [2.75, 3.05) is 27.3 Å². The van der Waals surface area contributed by atoms with Gasteiger partial charge in [0, 0.05) is 27.1 Å². The molecule has 0 saturated heterocycles. The lowest BCUT2D eigenvalue weighted by Gasteiger charge is -2.21. The van der Waals surface area contributed by atoms with Crippen molar-refractivity contribution < 1.29 is 24.5 Å². The van der Waals surface area contributed by atoms with Gasteiger partial charge in [-0.25, -0.2) is 9.59 Å². The number of nitrogens with one attached hydrogen (secondary N) is 1. The summed E-state index contributed by atoms with van der Waals surface area (Å²) in [6.45, 7) is 0.744. The highest BCUT2D eigenvalue weighted by Crippen LogP contribution is 2.11. The predicted octanol–water partition coefficient (Wildman–Crippen LogP) is 0.676. The molecule has 0 heterocycles. The van der Waals surface area contributed by atoms with E-state index in [0.29, 0.717) is 18.7 Å². The maximum absolute atomic E-state index is 11.9. The molecule has 0 radical (unpaired) electrons. The Morgan fingerprint density at radius 3 is 2.48 bits per heavy atom. The number of aromatic hydroxyl groups is 1. The van der Waals surface area contributed by atoms with Crippen molar-refractivity contribution in [3.8, 4) is 5.75 Å². The number of rotatable bonds is 7. The van der Waals surface area contributed by atoms with Crippen molar-refractivity contribution in [3.63, 3.8) is 0 Å². The standard InChI is InChI=1S/C14H20N2O5/c1-16(7-8-21-2)14(20)15-12(13(18)19)9-10-3-5-11(17)6-4-10/h3-6,12,17H,7-9H2,1-2H3,(H,15,20)(H,18,19)/t12-/m1/s1. The molecule has 1 aromatic carbocycles. The number of benzene rings is 1. The Balaban J connectivity index is 2.63. The Bertz CT molecular complexity index is 475. The molecule has 2 amide bonds. The molecule has 0 aliphatic rings. The number of carbonyl (C=O) groups is 2. The van der Waals surface area contributed by atoms with Crippen LogP contribution in [0.1, 0.15) is 5.56 Å². The Hall–Kier alpha value is -2.28. The smallest absolute Gasteiger partial charge is 0.326 e. The molecule has 0 spiro atoms. The van der Waals surface area contributed by atoms with Crippen LogP contribution in [0, 0.1) is 0 Å². The van der Waals surface area contributed by atoms with Gasteiger partial charge in [-0.05, 0) is 17.7 Å². The third kappa shape index (κ3) is 5.70. The molecular weight excluding hydrogens is 276 g/mol. The van der Waals surface area contributed by atoms with E-state index in [-0.39, 0.29) is 12.2 Å². The van der Waals surface area contributed by atoms with Crippen molar-refractivity contribution in [1.82, 2.24) is 10.2 Å². The average Bonchev–Trinajstić information content (AvgIpc) is 2.45. The first kappa shape index (κ1) is 16.8. The minimum absolute atomic E-state index is 0.106. The lowest BCUT2D eigenvalue weighted by Crippen LogP contribution is -2.48. The largest absolute Gasteiger partial charge is 0.508 e. The number of carbonyl (C=O) groups excluding carboxylic acids is 1. The van der Waals surface area contributed by atoms with Crippen LogP contribution in [0.4, 0.5) is 4.79 Å². The summed E-state index contributed by atoms with van der Waals surface area (Å²) in [5.41, 5.74) is 0.708. The zero-order valence-corrected chi connectivity index (χ0v) is 12.1. The summed E-state index contributed by atoms with van der Waals surface area (Å²) in [6, 6.07) is 4.67. The average molecular weight is 296 g/mol. The summed E-state index contributed by atoms with van der Waals surface area (Å²) in [7, 11) is 3.09. The molecule has 0 unspecified atom stereocenters. The lowest BCUT2D eigenvalue weighted by molar-refractivity contribution is -0.139. The number of aliphatic carboxylic acids is 1. The van der Waals surface area contributed by atoms with Gasteiger partial charge in [-0.3, -0.25) is 0 Å². The number of ether oxygens (including phenoxy) is 1. The molecule has 0 fully saturated rings. The summed E-state index contributed by atoms with van der Waals surface area (Å²) < 4.78 is 4.86. The molecule has 0 aromatic heterocycles. The molecule has 1 aromatic rings. The van der Waals surface area contributed by atoms with E-state index in [1.165, 1.54) is 24.1 Å². The number of phenolic OH excluding ortho intramolecular Hbond substituents is 1. The van der Waals surface area contributed by atoms with E-state index in [1.807, 2.05) is 0 Å². The Kier molecular flexibility index (Phi) is 6.48. The molecule has 116 valence electrons. The number of amides is 2. The van der Waals surface area contributed by atoms with Gasteiger partial charge in [0.05, 0.1) is 6.61 Å². The topological polar surface area (TPSA) is 99.1 Å². The number of carboxylic acids is 1. The lowest BCUT2D eigenvalue weighted by atomic mass is 10.1. The number of hydrogen-bond acceptors (Lipinski definition) is 4. The molecule has 3 N–H and O–H groups in total. The maximum atomic E-state index is 11.9. The summed E-state index contributed by atoms with van der Waals surface area (Å²) in [5, 5.41) is 20.8. The quantitative estimate of drug-likeness (QED) is 0.687. The molecule has 21 heavy (non-hydrogen) atoms. The normalized spacial score (nSPS) is 11.7. The fourth-order valence-electron chi connectivity index (χ4n) is 1.66. The Morgan fingerprint density at radius 1 is 1.33 bits per heavy atom. The fraction of sp³-hybridized carbons (Fsp3) is 0.429. The summed E-state index contributed by atoms with van der Waals surface area (Å²) in [6.07, 6.45) is 0.138. The van der Waals surface area contributed by atoms with Crippen molar-refractivity contribution in [1.29, 1.82) is 0 Å². The molecule has 1 atom stereocenters. The van der Waals surface area contributed by atoms with E-state index in [9.17, 15) is 19.8 Å². The van der Waals surface area contributed by atoms with E-state index >= 15 is 0 Å². The fourth-order valence-corrected chi connectivity index (χ4v) is 1.66. The van der Waals surface area contributed by atoms with Crippen molar-refractivity contribution in [2.45, 2.75) is 12.5 Å². The van der Waals surface area contributed by atoms with Gasteiger partial charge in [0.25, 0.3) is 0 Å². The highest BCUT2D eigenvalue weighted by atomic mass is 16.5. The van der Waals surface area contributed by atoms with Gasteiger partial charge in [-0.15, -0.1) is 0 Å². The van der Waals surface area contributed by atoms with Crippen molar-refractivity contribution in [3.05, 3.63) is 29.8 Å². The van der Waals surface area contributed by atoms with Crippen LogP contribution < -0.4 is 5.32 Å². The van der Waals surface area contributed by atoms with E-state index < -0.39 is 18.0 Å². The molecular formula is C14H20N2O5. The van der Waals surface area contributed by atoms with Crippen LogP contribution in [0.15, 0.2) is 24.3 Å². The zero-order valence-electron chi connectivity index (χ0n) is 12.1. The molecule has 1 rings (SSSR count). The van der Waals surface area contributed by atoms with Crippen LogP contribution in [-0.2, 0) is 16.0 Å². The van der Waals surface area contributed by atoms with Crippen LogP contribution in [0.25, 0.3) is 0 Å². The number of phenols is 1. The number of urea groups is 1. The van der Waals surface area contributed by atoms with Crippen LogP contribution in [0.3, 0.4) is 0 Å². The summed E-state index contributed by atoms with van der Waals surface area (Å²) in [4.78, 5) is 24.5. The van der Waals surface area contributed by atoms with E-state index in [0.717, 1.165) is 0 Å². The second-order valence-corrected chi connectivity index (χ2v) is 4.63. The minimum atomic E-state index is -1.11. The first-order valence-electron chi connectivity index (χ1n) is 6.45. The maximum Gasteiger partial charge on any atom is 0.326 e. The van der Waals surface area contributed by atoms with E-state index in [2.05, 4.69) is 5.32 Å². The number of likely N-dealkylation sites (N-methyl/N-ethyl adjacent to an activating group) is 1. The number of hydrogen-bond donors (Lipinski definition) is 3. The second-order valence-electron chi connectivity index (χ2n) is 4.63. The third-order valence-electron chi connectivity index (χ3n) is 2.95. The first-order valence-corrected chi connectivity index (χ1v) is 6.45. The highest BCUT2D eigenvalue weighted by molar-refractivity contribution is 5.82. The van der Waals surface area contributed by atoms with Crippen molar-refractivity contribution in [2.24, 2.45) is 0 Å². The van der Waals surface area contributed by atoms with Gasteiger partial charge in [0.15, 0.2) is 0 Å². The molecule has 7 nitrogen and oxygen atoms in total. The molecule has 0 saturated carbocycles. The summed E-state index contributed by atoms with van der Waals surface area (Å²) >= 11 is 0. The molecule has 0 aliphatic carbocycles. The van der Waals surface area contributed by atoms with Crippen LogP contribution in [-0.4, -0.2) is 60.5 Å². The molecule has 7 heteroatoms. The number of methoxy groups -OCH3 is 1. The van der Waals surface area contributed by atoms with Crippen LogP contribution in [0.2, 0.25) is 0 Å². The van der Waals surface area contributed by atoms with Crippen molar-refractivity contribution >= 4 is 12.0 Å². The Morgan fingerprint density at radius 2 is 1.95 bits per heavy atom. The third-order valence-corrected chi connectivity index (χ3v) is 2.95. The van der Waals surface area contributed by atoms with Gasteiger partial charge >= 0.3 is 12.0 Å². The van der Waals surface area contributed by atoms with E-state index in [1.54, 1.807) is 19.2 Å².